The van der Waals surface area contributed by atoms with Gasteiger partial charge in [0.05, 0.1) is 10.2 Å². The van der Waals surface area contributed by atoms with Gasteiger partial charge in [0, 0.05) is 23.0 Å². The van der Waals surface area contributed by atoms with Crippen LogP contribution in [0.3, 0.4) is 0 Å². The van der Waals surface area contributed by atoms with Crippen LogP contribution in [0.1, 0.15) is 55.0 Å². The first kappa shape index (κ1) is 21.4. The molecule has 0 radical (unpaired) electrons. The van der Waals surface area contributed by atoms with Gasteiger partial charge in [0.15, 0.2) is 17.2 Å². The number of hydrogen-bond acceptors (Lipinski definition) is 6. The Balaban J connectivity index is 1.38. The van der Waals surface area contributed by atoms with E-state index >= 15 is 0 Å². The largest absolute Gasteiger partial charge is 0.440 e. The van der Waals surface area contributed by atoms with Gasteiger partial charge in [-0.05, 0) is 59.8 Å². The van der Waals surface area contributed by atoms with Crippen molar-refractivity contribution in [3.05, 3.63) is 45.4 Å². The lowest BCUT2D eigenvalue weighted by atomic mass is 9.86. The third-order valence-corrected chi connectivity index (χ3v) is 8.03. The van der Waals surface area contributed by atoms with E-state index in [0.717, 1.165) is 31.2 Å². The Labute approximate surface area is 187 Å². The Bertz CT molecular complexity index is 1200. The van der Waals surface area contributed by atoms with E-state index in [2.05, 4.69) is 26.2 Å². The monoisotopic (exact) mass is 514 g/mol. The number of amides is 1. The Morgan fingerprint density at radius 2 is 1.97 bits per heavy atom. The van der Waals surface area contributed by atoms with Crippen molar-refractivity contribution in [2.75, 3.05) is 5.75 Å². The van der Waals surface area contributed by atoms with Crippen LogP contribution in [0.5, 0.6) is 0 Å². The molecule has 10 heteroatoms. The van der Waals surface area contributed by atoms with Crippen molar-refractivity contribution < 1.29 is 22.0 Å². The predicted octanol–water partition coefficient (Wildman–Crippen LogP) is 5.09. The van der Waals surface area contributed by atoms with Crippen LogP contribution in [0.15, 0.2) is 42.7 Å². The smallest absolute Gasteiger partial charge is 0.287 e. The summed E-state index contributed by atoms with van der Waals surface area (Å²) in [6, 6.07) is 6.74. The zero-order chi connectivity index (χ0) is 21.5. The van der Waals surface area contributed by atoms with Crippen molar-refractivity contribution in [3.8, 4) is 0 Å². The standard InChI is InChI=1S/C20H20BrClN2O5S/c1-2-30(26,27)20-14(21)10-17(29-20)18(25)23-13-6-3-11(4-7-13)19-24-15-9-12(22)5-8-16(15)28-19/h5,8-11,13H,2-4,6-7H2,1H3,(H,23,25). The average molecular weight is 516 g/mol. The number of fused-ring (bicyclic) bond motifs is 1. The fraction of sp³-hybridized carbons (Fsp3) is 0.400. The van der Waals surface area contributed by atoms with Crippen LogP contribution >= 0.6 is 27.5 Å². The van der Waals surface area contributed by atoms with Crippen LogP contribution in [-0.4, -0.2) is 31.1 Å². The van der Waals surface area contributed by atoms with Gasteiger partial charge in [0.2, 0.25) is 14.9 Å². The summed E-state index contributed by atoms with van der Waals surface area (Å²) in [6.07, 6.45) is 3.17. The summed E-state index contributed by atoms with van der Waals surface area (Å²) in [5, 5.41) is 3.34. The van der Waals surface area contributed by atoms with E-state index in [4.69, 9.17) is 20.4 Å². The molecule has 2 aromatic heterocycles. The van der Waals surface area contributed by atoms with Crippen LogP contribution < -0.4 is 5.32 Å². The zero-order valence-electron chi connectivity index (χ0n) is 16.2. The number of rotatable bonds is 5. The van der Waals surface area contributed by atoms with Crippen molar-refractivity contribution in [2.24, 2.45) is 0 Å². The number of hydrogen-bond donors (Lipinski definition) is 1. The molecule has 0 atom stereocenters. The van der Waals surface area contributed by atoms with Gasteiger partial charge in [-0.1, -0.05) is 18.5 Å². The minimum Gasteiger partial charge on any atom is -0.440 e. The molecular weight excluding hydrogens is 496 g/mol. The molecule has 30 heavy (non-hydrogen) atoms. The summed E-state index contributed by atoms with van der Waals surface area (Å²) in [6.45, 7) is 1.52. The van der Waals surface area contributed by atoms with Crippen molar-refractivity contribution in [3.63, 3.8) is 0 Å². The topological polar surface area (TPSA) is 102 Å². The Hall–Kier alpha value is -1.84. The van der Waals surface area contributed by atoms with E-state index in [1.54, 1.807) is 12.1 Å². The fourth-order valence-electron chi connectivity index (χ4n) is 3.64. The molecule has 0 bridgehead atoms. The van der Waals surface area contributed by atoms with Gasteiger partial charge in [-0.2, -0.15) is 0 Å². The minimum atomic E-state index is -3.55. The first-order valence-corrected chi connectivity index (χ1v) is 12.5. The third kappa shape index (κ3) is 4.29. The second kappa shape index (κ2) is 8.36. The van der Waals surface area contributed by atoms with E-state index in [0.29, 0.717) is 16.5 Å². The lowest BCUT2D eigenvalue weighted by Gasteiger charge is -2.27. The molecular formula is C20H20BrClN2O5S. The Morgan fingerprint density at radius 3 is 2.67 bits per heavy atom. The number of nitrogens with zero attached hydrogens (tertiary/aromatic N) is 1. The fourth-order valence-corrected chi connectivity index (χ4v) is 5.67. The number of oxazole rings is 1. The van der Waals surface area contributed by atoms with Gasteiger partial charge in [-0.15, -0.1) is 0 Å². The molecule has 1 aromatic carbocycles. The molecule has 0 aliphatic heterocycles. The van der Waals surface area contributed by atoms with Crippen molar-refractivity contribution >= 4 is 54.4 Å². The highest BCUT2D eigenvalue weighted by atomic mass is 79.9. The summed E-state index contributed by atoms with van der Waals surface area (Å²) in [7, 11) is -3.55. The number of benzene rings is 1. The molecule has 4 rings (SSSR count). The Morgan fingerprint density at radius 1 is 1.23 bits per heavy atom. The number of carbonyl (C=O) groups is 1. The average Bonchev–Trinajstić information content (AvgIpc) is 3.32. The normalized spacial score (nSPS) is 19.8. The summed E-state index contributed by atoms with van der Waals surface area (Å²) < 4.78 is 35.5. The van der Waals surface area contributed by atoms with Crippen LogP contribution in [-0.2, 0) is 9.84 Å². The molecule has 7 nitrogen and oxygen atoms in total. The molecule has 1 amide bonds. The lowest BCUT2D eigenvalue weighted by molar-refractivity contribution is 0.0891. The number of furan rings is 1. The lowest BCUT2D eigenvalue weighted by Crippen LogP contribution is -2.37. The minimum absolute atomic E-state index is 0.0214. The SMILES string of the molecule is CCS(=O)(=O)c1oc(C(=O)NC2CCC(c3nc4cc(Cl)ccc4o3)CC2)cc1Br. The summed E-state index contributed by atoms with van der Waals surface area (Å²) in [5.41, 5.74) is 1.46. The molecule has 1 fully saturated rings. The number of carbonyl (C=O) groups excluding carboxylic acids is 1. The molecule has 0 saturated heterocycles. The zero-order valence-corrected chi connectivity index (χ0v) is 19.3. The molecule has 1 saturated carbocycles. The second-order valence-electron chi connectivity index (χ2n) is 7.34. The van der Waals surface area contributed by atoms with Crippen LogP contribution in [0.2, 0.25) is 5.02 Å². The molecule has 1 N–H and O–H groups in total. The molecule has 160 valence electrons. The maximum absolute atomic E-state index is 12.5. The first-order valence-electron chi connectivity index (χ1n) is 9.65. The van der Waals surface area contributed by atoms with E-state index in [1.165, 1.54) is 13.0 Å². The first-order chi connectivity index (χ1) is 14.3. The Kier molecular flexibility index (Phi) is 5.96. The third-order valence-electron chi connectivity index (χ3n) is 5.32. The van der Waals surface area contributed by atoms with Crippen LogP contribution in [0.4, 0.5) is 0 Å². The van der Waals surface area contributed by atoms with Crippen molar-refractivity contribution in [1.29, 1.82) is 0 Å². The molecule has 0 unspecified atom stereocenters. The van der Waals surface area contributed by atoms with E-state index in [-0.39, 0.29) is 33.0 Å². The highest BCUT2D eigenvalue weighted by molar-refractivity contribution is 9.10. The molecule has 0 spiro atoms. The summed E-state index contributed by atoms with van der Waals surface area (Å²) in [4.78, 5) is 17.1. The van der Waals surface area contributed by atoms with Crippen LogP contribution in [0, 0.1) is 0 Å². The molecule has 3 aromatic rings. The molecule has 2 heterocycles. The number of halogens is 2. The summed E-state index contributed by atoms with van der Waals surface area (Å²) >= 11 is 9.17. The quantitative estimate of drug-likeness (QED) is 0.508. The molecule has 1 aliphatic rings. The summed E-state index contributed by atoms with van der Waals surface area (Å²) in [5.74, 6) is 0.330. The van der Waals surface area contributed by atoms with E-state index in [1.807, 2.05) is 6.07 Å². The number of nitrogens with one attached hydrogen (secondary N) is 1. The van der Waals surface area contributed by atoms with E-state index < -0.39 is 15.7 Å². The van der Waals surface area contributed by atoms with Gasteiger partial charge < -0.3 is 14.2 Å². The second-order valence-corrected chi connectivity index (χ2v) is 10.8. The van der Waals surface area contributed by atoms with Crippen LogP contribution in [0.25, 0.3) is 11.1 Å². The van der Waals surface area contributed by atoms with E-state index in [9.17, 15) is 13.2 Å². The highest BCUT2D eigenvalue weighted by Gasteiger charge is 2.29. The molecule has 1 aliphatic carbocycles. The number of aromatic nitrogens is 1. The predicted molar refractivity (Wildman–Crippen MR) is 116 cm³/mol. The van der Waals surface area contributed by atoms with Gasteiger partial charge in [-0.25, -0.2) is 13.4 Å². The maximum atomic E-state index is 12.5. The highest BCUT2D eigenvalue weighted by Crippen LogP contribution is 2.35. The van der Waals surface area contributed by atoms with Gasteiger partial charge in [0.1, 0.15) is 5.52 Å². The maximum Gasteiger partial charge on any atom is 0.287 e. The van der Waals surface area contributed by atoms with Gasteiger partial charge in [0.25, 0.3) is 5.91 Å². The van der Waals surface area contributed by atoms with Gasteiger partial charge >= 0.3 is 0 Å². The number of sulfone groups is 1. The van der Waals surface area contributed by atoms with Crippen molar-refractivity contribution in [2.45, 2.75) is 49.7 Å². The van der Waals surface area contributed by atoms with Crippen molar-refractivity contribution in [1.82, 2.24) is 10.3 Å². The van der Waals surface area contributed by atoms with Gasteiger partial charge in [-0.3, -0.25) is 4.79 Å².